The van der Waals surface area contributed by atoms with E-state index in [0.717, 1.165) is 6.07 Å². The summed E-state index contributed by atoms with van der Waals surface area (Å²) in [5.41, 5.74) is 6.79. The predicted octanol–water partition coefficient (Wildman–Crippen LogP) is 1.14. The van der Waals surface area contributed by atoms with Gasteiger partial charge in [0.05, 0.1) is 11.7 Å². The number of hydrogen-bond donors (Lipinski definition) is 5. The van der Waals surface area contributed by atoms with Gasteiger partial charge in [0.15, 0.2) is 0 Å². The molecule has 0 heterocycles. The number of amides is 1. The highest BCUT2D eigenvalue weighted by molar-refractivity contribution is 5.97. The van der Waals surface area contributed by atoms with Crippen LogP contribution >= 0.6 is 0 Å². The summed E-state index contributed by atoms with van der Waals surface area (Å²) in [4.78, 5) is 11.9. The zero-order valence-electron chi connectivity index (χ0n) is 11.2. The third kappa shape index (κ3) is 3.64. The molecule has 2 rings (SSSR count). The molecule has 0 fully saturated rings. The minimum Gasteiger partial charge on any atom is -0.508 e. The normalized spacial score (nSPS) is 11.9. The molecular weight excluding hydrogens is 272 g/mol. The van der Waals surface area contributed by atoms with Crippen molar-refractivity contribution in [2.24, 2.45) is 0 Å². The fourth-order valence-electron chi connectivity index (χ4n) is 1.83. The molecule has 0 aliphatic heterocycles. The molecule has 0 radical (unpaired) electrons. The Bertz CT molecular complexity index is 641. The SMILES string of the molecule is Nc1ccc(C(O)CNC(=O)c2ccc(O)cc2O)cc1. The van der Waals surface area contributed by atoms with E-state index in [1.165, 1.54) is 12.1 Å². The second-order valence-electron chi connectivity index (χ2n) is 4.59. The molecular formula is C15H16N2O4. The number of hydrogen-bond acceptors (Lipinski definition) is 5. The summed E-state index contributed by atoms with van der Waals surface area (Å²) in [6.45, 7) is -0.0108. The van der Waals surface area contributed by atoms with Crippen molar-refractivity contribution in [1.29, 1.82) is 0 Å². The second-order valence-corrected chi connectivity index (χ2v) is 4.59. The Hall–Kier alpha value is -2.73. The predicted molar refractivity (Wildman–Crippen MR) is 77.9 cm³/mol. The molecule has 0 saturated heterocycles. The summed E-state index contributed by atoms with van der Waals surface area (Å²) in [7, 11) is 0. The minimum absolute atomic E-state index is 0.0108. The van der Waals surface area contributed by atoms with Crippen molar-refractivity contribution >= 4 is 11.6 Å². The Morgan fingerprint density at radius 3 is 2.43 bits per heavy atom. The van der Waals surface area contributed by atoms with Crippen molar-refractivity contribution in [3.05, 3.63) is 53.6 Å². The Balaban J connectivity index is 1.99. The van der Waals surface area contributed by atoms with E-state index in [9.17, 15) is 15.0 Å². The number of aliphatic hydroxyl groups excluding tert-OH is 1. The highest BCUT2D eigenvalue weighted by Gasteiger charge is 2.14. The molecule has 0 aliphatic rings. The molecule has 1 unspecified atom stereocenters. The van der Waals surface area contributed by atoms with Crippen LogP contribution in [-0.4, -0.2) is 27.8 Å². The van der Waals surface area contributed by atoms with Crippen molar-refractivity contribution in [3.63, 3.8) is 0 Å². The average Bonchev–Trinajstić information content (AvgIpc) is 2.45. The number of carbonyl (C=O) groups excluding carboxylic acids is 1. The van der Waals surface area contributed by atoms with Crippen LogP contribution in [0.2, 0.25) is 0 Å². The zero-order valence-corrected chi connectivity index (χ0v) is 11.2. The van der Waals surface area contributed by atoms with Gasteiger partial charge in [-0.3, -0.25) is 4.79 Å². The largest absolute Gasteiger partial charge is 0.508 e. The molecule has 1 amide bonds. The van der Waals surface area contributed by atoms with Gasteiger partial charge in [0.25, 0.3) is 5.91 Å². The summed E-state index contributed by atoms with van der Waals surface area (Å²) >= 11 is 0. The Morgan fingerprint density at radius 1 is 1.14 bits per heavy atom. The molecule has 0 spiro atoms. The van der Waals surface area contributed by atoms with E-state index in [1.54, 1.807) is 24.3 Å². The van der Waals surface area contributed by atoms with Crippen LogP contribution in [-0.2, 0) is 0 Å². The lowest BCUT2D eigenvalue weighted by Crippen LogP contribution is -2.28. The van der Waals surface area contributed by atoms with E-state index in [0.29, 0.717) is 11.3 Å². The van der Waals surface area contributed by atoms with Gasteiger partial charge >= 0.3 is 0 Å². The fraction of sp³-hybridized carbons (Fsp3) is 0.133. The smallest absolute Gasteiger partial charge is 0.255 e. The Morgan fingerprint density at radius 2 is 1.81 bits per heavy atom. The van der Waals surface area contributed by atoms with Gasteiger partial charge in [-0.2, -0.15) is 0 Å². The van der Waals surface area contributed by atoms with Crippen LogP contribution < -0.4 is 11.1 Å². The fourth-order valence-corrected chi connectivity index (χ4v) is 1.83. The standard InChI is InChI=1S/C15H16N2O4/c16-10-3-1-9(2-4-10)14(20)8-17-15(21)12-6-5-11(18)7-13(12)19/h1-7,14,18-20H,8,16H2,(H,17,21). The van der Waals surface area contributed by atoms with Crippen LogP contribution in [0.5, 0.6) is 11.5 Å². The first-order valence-electron chi connectivity index (χ1n) is 6.31. The third-order valence-corrected chi connectivity index (χ3v) is 3.00. The van der Waals surface area contributed by atoms with Crippen molar-refractivity contribution in [1.82, 2.24) is 5.32 Å². The lowest BCUT2D eigenvalue weighted by Gasteiger charge is -2.13. The number of nitrogens with one attached hydrogen (secondary N) is 1. The monoisotopic (exact) mass is 288 g/mol. The Labute approximate surface area is 121 Å². The number of phenols is 2. The number of benzene rings is 2. The first-order valence-corrected chi connectivity index (χ1v) is 6.31. The first kappa shape index (κ1) is 14.7. The van der Waals surface area contributed by atoms with Gasteiger partial charge in [-0.15, -0.1) is 0 Å². The van der Waals surface area contributed by atoms with Crippen LogP contribution in [0.25, 0.3) is 0 Å². The molecule has 1 atom stereocenters. The van der Waals surface area contributed by atoms with Crippen LogP contribution in [0, 0.1) is 0 Å². The Kier molecular flexibility index (Phi) is 4.30. The molecule has 0 aliphatic carbocycles. The summed E-state index contributed by atoms with van der Waals surface area (Å²) in [6.07, 6.45) is -0.881. The second kappa shape index (κ2) is 6.15. The van der Waals surface area contributed by atoms with Crippen LogP contribution in [0.4, 0.5) is 5.69 Å². The molecule has 110 valence electrons. The number of aromatic hydroxyl groups is 2. The number of nitrogen functional groups attached to an aromatic ring is 1. The molecule has 0 saturated carbocycles. The number of rotatable bonds is 4. The summed E-state index contributed by atoms with van der Waals surface area (Å²) in [5.74, 6) is -0.998. The molecule has 0 bridgehead atoms. The maximum absolute atomic E-state index is 11.9. The van der Waals surface area contributed by atoms with E-state index >= 15 is 0 Å². The van der Waals surface area contributed by atoms with Gasteiger partial charge in [-0.05, 0) is 29.8 Å². The van der Waals surface area contributed by atoms with Gasteiger partial charge in [-0.1, -0.05) is 12.1 Å². The van der Waals surface area contributed by atoms with Crippen molar-refractivity contribution in [2.45, 2.75) is 6.10 Å². The lowest BCUT2D eigenvalue weighted by atomic mass is 10.1. The van der Waals surface area contributed by atoms with E-state index < -0.39 is 12.0 Å². The van der Waals surface area contributed by atoms with Gasteiger partial charge in [0.1, 0.15) is 11.5 Å². The summed E-state index contributed by atoms with van der Waals surface area (Å²) in [6, 6.07) is 10.3. The van der Waals surface area contributed by atoms with Crippen molar-refractivity contribution in [3.8, 4) is 11.5 Å². The molecule has 21 heavy (non-hydrogen) atoms. The van der Waals surface area contributed by atoms with E-state index in [4.69, 9.17) is 10.8 Å². The van der Waals surface area contributed by atoms with Gasteiger partial charge in [-0.25, -0.2) is 0 Å². The van der Waals surface area contributed by atoms with Crippen molar-refractivity contribution < 1.29 is 20.1 Å². The highest BCUT2D eigenvalue weighted by Crippen LogP contribution is 2.22. The maximum atomic E-state index is 11.9. The first-order chi connectivity index (χ1) is 9.97. The topological polar surface area (TPSA) is 116 Å². The molecule has 6 heteroatoms. The number of carbonyl (C=O) groups is 1. The van der Waals surface area contributed by atoms with E-state index in [1.807, 2.05) is 0 Å². The van der Waals surface area contributed by atoms with Crippen LogP contribution in [0.1, 0.15) is 22.0 Å². The number of anilines is 1. The highest BCUT2D eigenvalue weighted by atomic mass is 16.3. The molecule has 6 nitrogen and oxygen atoms in total. The molecule has 2 aromatic rings. The zero-order chi connectivity index (χ0) is 15.4. The summed E-state index contributed by atoms with van der Waals surface area (Å²) in [5, 5.41) is 31.2. The molecule has 2 aromatic carbocycles. The number of phenolic OH excluding ortho intramolecular Hbond substituents is 2. The van der Waals surface area contributed by atoms with E-state index in [2.05, 4.69) is 5.32 Å². The quantitative estimate of drug-likeness (QED) is 0.541. The van der Waals surface area contributed by atoms with Gasteiger partial charge in [0.2, 0.25) is 0 Å². The lowest BCUT2D eigenvalue weighted by molar-refractivity contribution is 0.0913. The van der Waals surface area contributed by atoms with Crippen LogP contribution in [0.15, 0.2) is 42.5 Å². The van der Waals surface area contributed by atoms with E-state index in [-0.39, 0.29) is 23.6 Å². The maximum Gasteiger partial charge on any atom is 0.255 e. The number of aliphatic hydroxyl groups is 1. The minimum atomic E-state index is -0.881. The van der Waals surface area contributed by atoms with Gasteiger partial charge < -0.3 is 26.4 Å². The van der Waals surface area contributed by atoms with Gasteiger partial charge in [0, 0.05) is 18.3 Å². The number of nitrogens with two attached hydrogens (primary N) is 1. The summed E-state index contributed by atoms with van der Waals surface area (Å²) < 4.78 is 0. The molecule has 6 N–H and O–H groups in total. The third-order valence-electron chi connectivity index (χ3n) is 3.00. The average molecular weight is 288 g/mol. The van der Waals surface area contributed by atoms with Crippen LogP contribution in [0.3, 0.4) is 0 Å². The van der Waals surface area contributed by atoms with Crippen molar-refractivity contribution in [2.75, 3.05) is 12.3 Å². The molecule has 0 aromatic heterocycles.